The van der Waals surface area contributed by atoms with Gasteiger partial charge in [0.2, 0.25) is 6.41 Å². The number of nitrogens with zero attached hydrogens (tertiary/aromatic N) is 3. The Labute approximate surface area is 107 Å². The zero-order valence-corrected chi connectivity index (χ0v) is 10.9. The van der Waals surface area contributed by atoms with Crippen molar-refractivity contribution in [1.29, 1.82) is 0 Å². The van der Waals surface area contributed by atoms with Gasteiger partial charge in [-0.1, -0.05) is 0 Å². The summed E-state index contributed by atoms with van der Waals surface area (Å²) in [4.78, 5) is 12.7. The second-order valence-electron chi connectivity index (χ2n) is 5.26. The van der Waals surface area contributed by atoms with E-state index in [9.17, 15) is 4.79 Å². The summed E-state index contributed by atoms with van der Waals surface area (Å²) in [6.07, 6.45) is 4.21. The highest BCUT2D eigenvalue weighted by Crippen LogP contribution is 2.27. The Morgan fingerprint density at radius 1 is 1.39 bits per heavy atom. The maximum Gasteiger partial charge on any atom is 0.210 e. The number of aryl methyl sites for hydroxylation is 1. The van der Waals surface area contributed by atoms with Gasteiger partial charge in [-0.15, -0.1) is 0 Å². The summed E-state index contributed by atoms with van der Waals surface area (Å²) in [5.74, 6) is 0. The van der Waals surface area contributed by atoms with Crippen LogP contribution in [0.15, 0.2) is 0 Å². The van der Waals surface area contributed by atoms with E-state index < -0.39 is 0 Å². The first kappa shape index (κ1) is 11.7. The summed E-state index contributed by atoms with van der Waals surface area (Å²) >= 11 is 0. The molecule has 0 atom stereocenters. The van der Waals surface area contributed by atoms with Crippen LogP contribution in [0.5, 0.6) is 0 Å². The van der Waals surface area contributed by atoms with Crippen LogP contribution in [0.2, 0.25) is 0 Å². The molecule has 0 bridgehead atoms. The topological polar surface area (TPSA) is 50.2 Å². The Bertz CT molecular complexity index is 448. The lowest BCUT2D eigenvalue weighted by molar-refractivity contribution is -0.118. The number of aromatic nitrogens is 2. The minimum Gasteiger partial charge on any atom is -0.340 e. The lowest BCUT2D eigenvalue weighted by Crippen LogP contribution is -2.33. The molecule has 1 aromatic rings. The molecule has 0 saturated carbocycles. The van der Waals surface area contributed by atoms with E-state index in [4.69, 9.17) is 5.10 Å². The van der Waals surface area contributed by atoms with Crippen molar-refractivity contribution in [3.63, 3.8) is 0 Å². The third-order valence-corrected chi connectivity index (χ3v) is 4.12. The zero-order chi connectivity index (χ0) is 12.5. The molecule has 18 heavy (non-hydrogen) atoms. The molecule has 1 fully saturated rings. The lowest BCUT2D eigenvalue weighted by Gasteiger charge is -2.28. The first-order valence-electron chi connectivity index (χ1n) is 6.76. The van der Waals surface area contributed by atoms with Crippen molar-refractivity contribution in [2.75, 3.05) is 19.6 Å². The van der Waals surface area contributed by atoms with Gasteiger partial charge < -0.3 is 10.2 Å². The highest BCUT2D eigenvalue weighted by molar-refractivity contribution is 5.49. The minimum atomic E-state index is 0.538. The molecule has 0 radical (unpaired) electrons. The maximum absolute atomic E-state index is 10.9. The van der Waals surface area contributed by atoms with Gasteiger partial charge in [-0.2, -0.15) is 5.10 Å². The number of amides is 1. The van der Waals surface area contributed by atoms with Crippen LogP contribution in [0.4, 0.5) is 0 Å². The van der Waals surface area contributed by atoms with E-state index in [1.807, 2.05) is 4.90 Å². The number of hydrogen-bond donors (Lipinski definition) is 1. The molecule has 0 aromatic carbocycles. The fourth-order valence-electron chi connectivity index (χ4n) is 3.08. The Balaban J connectivity index is 1.90. The summed E-state index contributed by atoms with van der Waals surface area (Å²) < 4.78 is 2.24. The maximum atomic E-state index is 10.9. The summed E-state index contributed by atoms with van der Waals surface area (Å²) in [6.45, 7) is 5.78. The van der Waals surface area contributed by atoms with E-state index in [0.29, 0.717) is 6.04 Å². The number of piperidine rings is 1. The summed E-state index contributed by atoms with van der Waals surface area (Å²) in [5.41, 5.74) is 3.72. The molecule has 2 aliphatic heterocycles. The average molecular weight is 248 g/mol. The molecule has 0 unspecified atom stereocenters. The third-order valence-electron chi connectivity index (χ3n) is 4.12. The van der Waals surface area contributed by atoms with Crippen LogP contribution in [0.1, 0.15) is 35.8 Å². The molecule has 0 spiro atoms. The molecule has 5 nitrogen and oxygen atoms in total. The molecule has 1 aromatic heterocycles. The van der Waals surface area contributed by atoms with E-state index in [2.05, 4.69) is 16.9 Å². The smallest absolute Gasteiger partial charge is 0.210 e. The number of carbonyl (C=O) groups excluding carboxylic acids is 1. The number of hydrogen-bond acceptors (Lipinski definition) is 3. The van der Waals surface area contributed by atoms with Gasteiger partial charge in [0, 0.05) is 30.8 Å². The van der Waals surface area contributed by atoms with Crippen molar-refractivity contribution in [1.82, 2.24) is 20.0 Å². The van der Waals surface area contributed by atoms with Crippen molar-refractivity contribution < 1.29 is 4.79 Å². The fourth-order valence-corrected chi connectivity index (χ4v) is 3.08. The predicted octanol–water partition coefficient (Wildman–Crippen LogP) is 0.631. The monoisotopic (exact) mass is 248 g/mol. The summed E-state index contributed by atoms with van der Waals surface area (Å²) in [6, 6.07) is 0.538. The van der Waals surface area contributed by atoms with Gasteiger partial charge >= 0.3 is 0 Å². The second kappa shape index (κ2) is 4.72. The van der Waals surface area contributed by atoms with E-state index in [1.165, 1.54) is 11.3 Å². The van der Waals surface area contributed by atoms with Crippen molar-refractivity contribution in [3.05, 3.63) is 17.0 Å². The molecule has 3 rings (SSSR count). The van der Waals surface area contributed by atoms with Crippen LogP contribution in [0.3, 0.4) is 0 Å². The minimum absolute atomic E-state index is 0.538. The summed E-state index contributed by atoms with van der Waals surface area (Å²) in [5, 5.41) is 8.12. The molecule has 98 valence electrons. The molecule has 0 aliphatic carbocycles. The van der Waals surface area contributed by atoms with Gasteiger partial charge in [0.15, 0.2) is 0 Å². The molecule has 1 N–H and O–H groups in total. The fraction of sp³-hybridized carbons (Fsp3) is 0.692. The van der Waals surface area contributed by atoms with E-state index >= 15 is 0 Å². The third kappa shape index (κ3) is 1.92. The molecule has 1 saturated heterocycles. The molecule has 1 amide bonds. The van der Waals surface area contributed by atoms with Crippen LogP contribution >= 0.6 is 0 Å². The normalized spacial score (nSPS) is 20.8. The van der Waals surface area contributed by atoms with Crippen LogP contribution in [-0.4, -0.2) is 40.7 Å². The number of fused-ring (bicyclic) bond motifs is 1. The van der Waals surface area contributed by atoms with Crippen molar-refractivity contribution in [2.45, 2.75) is 38.8 Å². The molecule has 3 heterocycles. The number of carbonyl (C=O) groups is 1. The van der Waals surface area contributed by atoms with Gasteiger partial charge in [-0.05, 0) is 32.9 Å². The molecular weight excluding hydrogens is 228 g/mol. The van der Waals surface area contributed by atoms with Crippen molar-refractivity contribution in [2.24, 2.45) is 0 Å². The second-order valence-corrected chi connectivity index (χ2v) is 5.26. The van der Waals surface area contributed by atoms with Gasteiger partial charge in [0.25, 0.3) is 0 Å². The van der Waals surface area contributed by atoms with Crippen LogP contribution < -0.4 is 5.32 Å². The number of nitrogens with one attached hydrogen (secondary N) is 1. The van der Waals surface area contributed by atoms with Crippen molar-refractivity contribution >= 4 is 6.41 Å². The first-order valence-corrected chi connectivity index (χ1v) is 6.76. The highest BCUT2D eigenvalue weighted by atomic mass is 16.1. The Hall–Kier alpha value is -1.36. The van der Waals surface area contributed by atoms with Gasteiger partial charge in [-0.25, -0.2) is 0 Å². The van der Waals surface area contributed by atoms with Crippen molar-refractivity contribution in [3.8, 4) is 0 Å². The highest BCUT2D eigenvalue weighted by Gasteiger charge is 2.26. The average Bonchev–Trinajstić information content (AvgIpc) is 2.77. The SMILES string of the molecule is Cc1nn(C2CCNCC2)c2c1CN(C=O)CC2. The van der Waals surface area contributed by atoms with E-state index in [-0.39, 0.29) is 0 Å². The predicted molar refractivity (Wildman–Crippen MR) is 68.3 cm³/mol. The van der Waals surface area contributed by atoms with E-state index in [1.54, 1.807) is 0 Å². The summed E-state index contributed by atoms with van der Waals surface area (Å²) in [7, 11) is 0. The lowest BCUT2D eigenvalue weighted by atomic mass is 10.0. The van der Waals surface area contributed by atoms with E-state index in [0.717, 1.165) is 57.5 Å². The standard InChI is InChI=1S/C13H20N4O/c1-10-12-8-16(9-18)7-4-13(12)17(15-10)11-2-5-14-6-3-11/h9,11,14H,2-8H2,1H3. The largest absolute Gasteiger partial charge is 0.340 e. The van der Waals surface area contributed by atoms with Crippen LogP contribution in [0, 0.1) is 6.92 Å². The Morgan fingerprint density at radius 3 is 2.89 bits per heavy atom. The molecule has 2 aliphatic rings. The zero-order valence-electron chi connectivity index (χ0n) is 10.9. The number of rotatable bonds is 2. The van der Waals surface area contributed by atoms with Gasteiger partial charge in [0.05, 0.1) is 11.7 Å². The Morgan fingerprint density at radius 2 is 2.17 bits per heavy atom. The van der Waals surface area contributed by atoms with Gasteiger partial charge in [0.1, 0.15) is 0 Å². The first-order chi connectivity index (χ1) is 8.79. The van der Waals surface area contributed by atoms with Crippen LogP contribution in [0.25, 0.3) is 0 Å². The Kier molecular flexibility index (Phi) is 3.07. The molecule has 5 heteroatoms. The van der Waals surface area contributed by atoms with Crippen LogP contribution in [-0.2, 0) is 17.8 Å². The van der Waals surface area contributed by atoms with Gasteiger partial charge in [-0.3, -0.25) is 9.48 Å². The quantitative estimate of drug-likeness (QED) is 0.781. The molecular formula is C13H20N4O.